The molecule has 0 saturated heterocycles. The molecule has 1 aromatic carbocycles. The molecule has 3 unspecified atom stereocenters. The van der Waals surface area contributed by atoms with Crippen LogP contribution in [0.4, 0.5) is 0 Å². The lowest BCUT2D eigenvalue weighted by molar-refractivity contribution is -0.126. The number of amides is 1. The highest BCUT2D eigenvalue weighted by atomic mass is 16.5. The van der Waals surface area contributed by atoms with Crippen LogP contribution < -0.4 is 5.32 Å². The van der Waals surface area contributed by atoms with E-state index in [1.54, 1.807) is 0 Å². The number of ether oxygens (including phenoxy) is 1. The first-order valence-corrected chi connectivity index (χ1v) is 8.90. The van der Waals surface area contributed by atoms with Crippen molar-refractivity contribution >= 4 is 5.91 Å². The summed E-state index contributed by atoms with van der Waals surface area (Å²) in [6, 6.07) is 10.6. The summed E-state index contributed by atoms with van der Waals surface area (Å²) in [5.41, 5.74) is 1.45. The average Bonchev–Trinajstić information content (AvgIpc) is 2.61. The first kappa shape index (κ1) is 21.6. The fourth-order valence-electron chi connectivity index (χ4n) is 1.75. The van der Waals surface area contributed by atoms with E-state index in [4.69, 9.17) is 4.74 Å². The normalized spacial score (nSPS) is 14.2. The maximum Gasteiger partial charge on any atom is 0.224 e. The smallest absolute Gasteiger partial charge is 0.224 e. The molecule has 1 N–H and O–H groups in total. The molecule has 0 spiro atoms. The Morgan fingerprint density at radius 1 is 1.00 bits per heavy atom. The van der Waals surface area contributed by atoms with Crippen molar-refractivity contribution in [2.24, 2.45) is 5.92 Å². The van der Waals surface area contributed by atoms with Gasteiger partial charge in [0.25, 0.3) is 0 Å². The molecule has 0 fully saturated rings. The van der Waals surface area contributed by atoms with Crippen LogP contribution in [0.1, 0.15) is 72.3 Å². The van der Waals surface area contributed by atoms with Crippen molar-refractivity contribution < 1.29 is 9.53 Å². The van der Waals surface area contributed by atoms with Gasteiger partial charge in [0.15, 0.2) is 0 Å². The first-order chi connectivity index (χ1) is 11.0. The van der Waals surface area contributed by atoms with Gasteiger partial charge in [0, 0.05) is 5.92 Å². The largest absolute Gasteiger partial charge is 0.358 e. The third-order valence-corrected chi connectivity index (χ3v) is 4.23. The zero-order chi connectivity index (χ0) is 17.7. The van der Waals surface area contributed by atoms with E-state index in [1.165, 1.54) is 12.0 Å². The maximum absolute atomic E-state index is 11.3. The zero-order valence-corrected chi connectivity index (χ0v) is 15.8. The van der Waals surface area contributed by atoms with Crippen molar-refractivity contribution in [2.45, 2.75) is 72.8 Å². The monoisotopic (exact) mass is 321 g/mol. The van der Waals surface area contributed by atoms with Gasteiger partial charge in [0.2, 0.25) is 5.91 Å². The number of carbonyl (C=O) groups is 1. The molecule has 0 aliphatic rings. The first-order valence-electron chi connectivity index (χ1n) is 8.90. The van der Waals surface area contributed by atoms with Crippen LogP contribution in [0.2, 0.25) is 0 Å². The lowest BCUT2D eigenvalue weighted by atomic mass is 9.99. The molecular formula is C20H35NO2. The topological polar surface area (TPSA) is 38.3 Å². The van der Waals surface area contributed by atoms with E-state index in [-0.39, 0.29) is 17.9 Å². The summed E-state index contributed by atoms with van der Waals surface area (Å²) < 4.78 is 5.32. The van der Waals surface area contributed by atoms with Crippen molar-refractivity contribution in [3.05, 3.63) is 35.9 Å². The summed E-state index contributed by atoms with van der Waals surface area (Å²) in [5, 5.41) is 2.74. The van der Waals surface area contributed by atoms with Gasteiger partial charge in [-0.2, -0.15) is 0 Å². The fourth-order valence-corrected chi connectivity index (χ4v) is 1.75. The summed E-state index contributed by atoms with van der Waals surface area (Å²) in [5.74, 6) is 0.868. The Morgan fingerprint density at radius 2 is 1.61 bits per heavy atom. The second kappa shape index (κ2) is 13.1. The minimum absolute atomic E-state index is 0.0748. The van der Waals surface area contributed by atoms with E-state index in [0.29, 0.717) is 12.6 Å². The van der Waals surface area contributed by atoms with E-state index in [1.807, 2.05) is 20.8 Å². The predicted octanol–water partition coefficient (Wildman–Crippen LogP) is 5.12. The molecule has 0 aliphatic heterocycles. The van der Waals surface area contributed by atoms with E-state index in [0.717, 1.165) is 12.8 Å². The van der Waals surface area contributed by atoms with Crippen LogP contribution in [0, 0.1) is 5.92 Å². The molecule has 0 radical (unpaired) electrons. The molecule has 3 atom stereocenters. The van der Waals surface area contributed by atoms with Gasteiger partial charge in [-0.15, -0.1) is 0 Å². The summed E-state index contributed by atoms with van der Waals surface area (Å²) in [6.07, 6.45) is 3.29. The molecule has 0 heterocycles. The van der Waals surface area contributed by atoms with Crippen molar-refractivity contribution in [3.8, 4) is 0 Å². The van der Waals surface area contributed by atoms with E-state index in [2.05, 4.69) is 56.4 Å². The van der Waals surface area contributed by atoms with Crippen molar-refractivity contribution in [1.82, 2.24) is 5.32 Å². The van der Waals surface area contributed by atoms with Crippen LogP contribution in [0.5, 0.6) is 0 Å². The molecule has 23 heavy (non-hydrogen) atoms. The zero-order valence-electron chi connectivity index (χ0n) is 15.8. The Bertz CT molecular complexity index is 405. The summed E-state index contributed by atoms with van der Waals surface area (Å²) in [6.45, 7) is 12.8. The minimum Gasteiger partial charge on any atom is -0.358 e. The molecule has 3 heteroatoms. The molecular weight excluding hydrogens is 286 g/mol. The minimum atomic E-state index is 0.0748. The molecule has 3 nitrogen and oxygen atoms in total. The standard InChI is InChI=1S/C10H21NO2.C10H14/c1-5-8(3)10(12)11-7-13-9(4)6-2;1-3-9(2)10-7-5-4-6-8-10/h8-9H,5-7H2,1-4H3,(H,11,12);4-9H,3H2,1-2H3. The Kier molecular flexibility index (Phi) is 12.4. The molecule has 132 valence electrons. The van der Waals surface area contributed by atoms with Gasteiger partial charge in [-0.05, 0) is 37.7 Å². The van der Waals surface area contributed by atoms with Gasteiger partial charge in [0.1, 0.15) is 6.73 Å². The molecule has 0 bridgehead atoms. The van der Waals surface area contributed by atoms with Crippen LogP contribution in [0.15, 0.2) is 30.3 Å². The molecule has 1 rings (SSSR count). The molecule has 1 amide bonds. The van der Waals surface area contributed by atoms with E-state index < -0.39 is 0 Å². The number of nitrogens with one attached hydrogen (secondary N) is 1. The highest BCUT2D eigenvalue weighted by Crippen LogP contribution is 2.16. The van der Waals surface area contributed by atoms with Crippen molar-refractivity contribution in [2.75, 3.05) is 6.73 Å². The van der Waals surface area contributed by atoms with Gasteiger partial charge in [0.05, 0.1) is 6.10 Å². The van der Waals surface area contributed by atoms with Gasteiger partial charge in [-0.25, -0.2) is 0 Å². The van der Waals surface area contributed by atoms with Gasteiger partial charge < -0.3 is 10.1 Å². The Balaban J connectivity index is 0.000000433. The fraction of sp³-hybridized carbons (Fsp3) is 0.650. The summed E-state index contributed by atoms with van der Waals surface area (Å²) >= 11 is 0. The Morgan fingerprint density at radius 3 is 2.09 bits per heavy atom. The SMILES string of the molecule is CCC(C)OCNC(=O)C(C)CC.CCC(C)c1ccccc1. The highest BCUT2D eigenvalue weighted by Gasteiger charge is 2.09. The summed E-state index contributed by atoms with van der Waals surface area (Å²) in [7, 11) is 0. The highest BCUT2D eigenvalue weighted by molar-refractivity contribution is 5.77. The Labute approximate surface area is 142 Å². The second-order valence-electron chi connectivity index (χ2n) is 6.10. The lowest BCUT2D eigenvalue weighted by Gasteiger charge is -2.13. The number of rotatable bonds is 8. The number of hydrogen-bond acceptors (Lipinski definition) is 2. The molecule has 0 aliphatic carbocycles. The van der Waals surface area contributed by atoms with Crippen molar-refractivity contribution in [1.29, 1.82) is 0 Å². The van der Waals surface area contributed by atoms with E-state index in [9.17, 15) is 4.79 Å². The Hall–Kier alpha value is -1.35. The number of hydrogen-bond donors (Lipinski definition) is 1. The number of benzene rings is 1. The van der Waals surface area contributed by atoms with Gasteiger partial charge >= 0.3 is 0 Å². The molecule has 0 aromatic heterocycles. The molecule has 0 saturated carbocycles. The van der Waals surface area contributed by atoms with Crippen LogP contribution in [0.3, 0.4) is 0 Å². The number of carbonyl (C=O) groups excluding carboxylic acids is 1. The van der Waals surface area contributed by atoms with Crippen LogP contribution in [-0.4, -0.2) is 18.7 Å². The van der Waals surface area contributed by atoms with Crippen LogP contribution in [0.25, 0.3) is 0 Å². The van der Waals surface area contributed by atoms with Crippen molar-refractivity contribution in [3.63, 3.8) is 0 Å². The van der Waals surface area contributed by atoms with Gasteiger partial charge in [-0.3, -0.25) is 4.79 Å². The van der Waals surface area contributed by atoms with E-state index >= 15 is 0 Å². The average molecular weight is 322 g/mol. The van der Waals surface area contributed by atoms with Gasteiger partial charge in [-0.1, -0.05) is 65.0 Å². The third-order valence-electron chi connectivity index (χ3n) is 4.23. The second-order valence-corrected chi connectivity index (χ2v) is 6.10. The lowest BCUT2D eigenvalue weighted by Crippen LogP contribution is -2.32. The molecule has 1 aromatic rings. The maximum atomic E-state index is 11.3. The predicted molar refractivity (Wildman–Crippen MR) is 98.5 cm³/mol. The third kappa shape index (κ3) is 10.1. The summed E-state index contributed by atoms with van der Waals surface area (Å²) in [4.78, 5) is 11.3. The van der Waals surface area contributed by atoms with Crippen LogP contribution >= 0.6 is 0 Å². The quantitative estimate of drug-likeness (QED) is 0.675. The van der Waals surface area contributed by atoms with Crippen LogP contribution in [-0.2, 0) is 9.53 Å².